The number of aromatic nitrogens is 2. The molecule has 130 valence electrons. The summed E-state index contributed by atoms with van der Waals surface area (Å²) in [5.41, 5.74) is 6.97. The third-order valence-electron chi connectivity index (χ3n) is 4.43. The molecular weight excluding hydrogens is 344 g/mol. The van der Waals surface area contributed by atoms with E-state index in [-0.39, 0.29) is 0 Å². The van der Waals surface area contributed by atoms with E-state index in [4.69, 9.17) is 4.74 Å². The van der Waals surface area contributed by atoms with Crippen molar-refractivity contribution in [2.45, 2.75) is 13.3 Å². The number of fused-ring (bicyclic) bond motifs is 1. The smallest absolute Gasteiger partial charge is 0.356 e. The average molecular weight is 362 g/mol. The van der Waals surface area contributed by atoms with Gasteiger partial charge in [-0.1, -0.05) is 18.2 Å². The van der Waals surface area contributed by atoms with E-state index in [9.17, 15) is 4.79 Å². The van der Waals surface area contributed by atoms with E-state index in [1.54, 1.807) is 17.4 Å². The van der Waals surface area contributed by atoms with Crippen molar-refractivity contribution in [1.82, 2.24) is 9.97 Å². The van der Waals surface area contributed by atoms with E-state index < -0.39 is 5.97 Å². The highest BCUT2D eigenvalue weighted by Crippen LogP contribution is 2.33. The molecule has 0 unspecified atom stereocenters. The lowest BCUT2D eigenvalue weighted by atomic mass is 10.0. The van der Waals surface area contributed by atoms with Gasteiger partial charge in [0.25, 0.3) is 0 Å². The number of aryl methyl sites for hydroxylation is 1. The SMILES string of the molecule is COC(=O)c1cccc(Cc2c(-c3ccsc3)[nH]c3cc(C)ccc23)n1. The zero-order valence-corrected chi connectivity index (χ0v) is 15.4. The van der Waals surface area contributed by atoms with Crippen LogP contribution in [0.3, 0.4) is 0 Å². The maximum atomic E-state index is 11.8. The van der Waals surface area contributed by atoms with Crippen molar-refractivity contribution in [3.63, 3.8) is 0 Å². The van der Waals surface area contributed by atoms with E-state index in [0.29, 0.717) is 12.1 Å². The second-order valence-electron chi connectivity index (χ2n) is 6.22. The van der Waals surface area contributed by atoms with Crippen molar-refractivity contribution in [3.8, 4) is 11.3 Å². The Morgan fingerprint density at radius 3 is 2.88 bits per heavy atom. The number of nitrogens with zero attached hydrogens (tertiary/aromatic N) is 1. The topological polar surface area (TPSA) is 55.0 Å². The summed E-state index contributed by atoms with van der Waals surface area (Å²) < 4.78 is 4.79. The van der Waals surface area contributed by atoms with Gasteiger partial charge in [0, 0.05) is 34.0 Å². The lowest BCUT2D eigenvalue weighted by molar-refractivity contribution is 0.0593. The molecule has 0 aliphatic carbocycles. The van der Waals surface area contributed by atoms with Gasteiger partial charge < -0.3 is 9.72 Å². The first-order valence-electron chi connectivity index (χ1n) is 8.33. The fourth-order valence-electron chi connectivity index (χ4n) is 3.18. The van der Waals surface area contributed by atoms with Crippen LogP contribution in [0.1, 0.15) is 27.3 Å². The first-order valence-corrected chi connectivity index (χ1v) is 9.28. The number of nitrogens with one attached hydrogen (secondary N) is 1. The largest absolute Gasteiger partial charge is 0.464 e. The molecule has 0 bridgehead atoms. The van der Waals surface area contributed by atoms with Crippen molar-refractivity contribution in [2.24, 2.45) is 0 Å². The zero-order chi connectivity index (χ0) is 18.1. The molecule has 1 N–H and O–H groups in total. The molecule has 0 aliphatic heterocycles. The molecule has 4 aromatic rings. The van der Waals surface area contributed by atoms with Crippen LogP contribution in [0.2, 0.25) is 0 Å². The van der Waals surface area contributed by atoms with Crippen molar-refractivity contribution < 1.29 is 9.53 Å². The number of methoxy groups -OCH3 is 1. The molecule has 0 amide bonds. The molecule has 1 aromatic carbocycles. The third-order valence-corrected chi connectivity index (χ3v) is 5.11. The van der Waals surface area contributed by atoms with Gasteiger partial charge in [0.1, 0.15) is 5.69 Å². The minimum atomic E-state index is -0.417. The molecule has 0 spiro atoms. The quantitative estimate of drug-likeness (QED) is 0.521. The van der Waals surface area contributed by atoms with E-state index in [2.05, 4.69) is 51.9 Å². The number of rotatable bonds is 4. The van der Waals surface area contributed by atoms with Crippen molar-refractivity contribution in [2.75, 3.05) is 7.11 Å². The summed E-state index contributed by atoms with van der Waals surface area (Å²) >= 11 is 1.68. The number of carbonyl (C=O) groups excluding carboxylic acids is 1. The second-order valence-corrected chi connectivity index (χ2v) is 7.00. The highest BCUT2D eigenvalue weighted by Gasteiger charge is 2.16. The summed E-state index contributed by atoms with van der Waals surface area (Å²) in [6, 6.07) is 14.0. The summed E-state index contributed by atoms with van der Waals surface area (Å²) in [6.45, 7) is 2.09. The van der Waals surface area contributed by atoms with E-state index in [1.807, 2.05) is 12.1 Å². The maximum Gasteiger partial charge on any atom is 0.356 e. The third kappa shape index (κ3) is 3.02. The molecule has 0 saturated carbocycles. The number of benzene rings is 1. The number of pyridine rings is 1. The minimum Gasteiger partial charge on any atom is -0.464 e. The fraction of sp³-hybridized carbons (Fsp3) is 0.143. The van der Waals surface area contributed by atoms with E-state index in [0.717, 1.165) is 16.9 Å². The number of aromatic amines is 1. The van der Waals surface area contributed by atoms with Crippen LogP contribution >= 0.6 is 11.3 Å². The van der Waals surface area contributed by atoms with Crippen LogP contribution in [0.15, 0.2) is 53.2 Å². The molecule has 3 heterocycles. The van der Waals surface area contributed by atoms with Gasteiger partial charge in [-0.05, 0) is 47.7 Å². The Bertz CT molecular complexity index is 1080. The molecule has 0 fully saturated rings. The van der Waals surface area contributed by atoms with Crippen molar-refractivity contribution in [3.05, 3.63) is 75.7 Å². The molecule has 4 nitrogen and oxygen atoms in total. The van der Waals surface area contributed by atoms with Crippen LogP contribution < -0.4 is 0 Å². The van der Waals surface area contributed by atoms with Crippen LogP contribution in [-0.4, -0.2) is 23.0 Å². The van der Waals surface area contributed by atoms with Gasteiger partial charge in [0.15, 0.2) is 0 Å². The number of thiophene rings is 1. The van der Waals surface area contributed by atoms with Gasteiger partial charge in [-0.3, -0.25) is 0 Å². The van der Waals surface area contributed by atoms with Gasteiger partial charge >= 0.3 is 5.97 Å². The first kappa shape index (κ1) is 16.5. The Kier molecular flexibility index (Phi) is 4.31. The Morgan fingerprint density at radius 2 is 2.12 bits per heavy atom. The first-order chi connectivity index (χ1) is 12.7. The minimum absolute atomic E-state index is 0.331. The Labute approximate surface area is 155 Å². The molecule has 26 heavy (non-hydrogen) atoms. The lowest BCUT2D eigenvalue weighted by Gasteiger charge is -2.06. The fourth-order valence-corrected chi connectivity index (χ4v) is 3.83. The summed E-state index contributed by atoms with van der Waals surface area (Å²) in [5, 5.41) is 5.40. The summed E-state index contributed by atoms with van der Waals surface area (Å²) in [7, 11) is 1.37. The van der Waals surface area contributed by atoms with Crippen molar-refractivity contribution >= 4 is 28.2 Å². The molecule has 0 radical (unpaired) electrons. The Hall–Kier alpha value is -2.92. The summed E-state index contributed by atoms with van der Waals surface area (Å²) in [6.07, 6.45) is 0.638. The average Bonchev–Trinajstić information content (AvgIpc) is 3.29. The predicted molar refractivity (Wildman–Crippen MR) is 105 cm³/mol. The zero-order valence-electron chi connectivity index (χ0n) is 14.6. The molecule has 5 heteroatoms. The number of hydrogen-bond donors (Lipinski definition) is 1. The number of esters is 1. The number of carbonyl (C=O) groups is 1. The monoisotopic (exact) mass is 362 g/mol. The van der Waals surface area contributed by atoms with Gasteiger partial charge in [-0.2, -0.15) is 11.3 Å². The second kappa shape index (κ2) is 6.77. The molecular formula is C21H18N2O2S. The Balaban J connectivity index is 1.83. The molecule has 3 aromatic heterocycles. The lowest BCUT2D eigenvalue weighted by Crippen LogP contribution is -2.06. The number of H-pyrrole nitrogens is 1. The van der Waals surface area contributed by atoms with Crippen LogP contribution in [0.5, 0.6) is 0 Å². The van der Waals surface area contributed by atoms with Crippen LogP contribution in [0.25, 0.3) is 22.2 Å². The van der Waals surface area contributed by atoms with E-state index >= 15 is 0 Å². The predicted octanol–water partition coefficient (Wildman–Crippen LogP) is 4.98. The van der Waals surface area contributed by atoms with Crippen LogP contribution in [0.4, 0.5) is 0 Å². The number of hydrogen-bond acceptors (Lipinski definition) is 4. The van der Waals surface area contributed by atoms with Crippen LogP contribution in [0, 0.1) is 6.92 Å². The molecule has 0 saturated heterocycles. The molecule has 0 aliphatic rings. The summed E-state index contributed by atoms with van der Waals surface area (Å²) in [5.74, 6) is -0.417. The Morgan fingerprint density at radius 1 is 1.23 bits per heavy atom. The van der Waals surface area contributed by atoms with Crippen molar-refractivity contribution in [1.29, 1.82) is 0 Å². The van der Waals surface area contributed by atoms with Gasteiger partial charge in [0.05, 0.1) is 12.8 Å². The normalized spacial score (nSPS) is 11.0. The van der Waals surface area contributed by atoms with Crippen LogP contribution in [-0.2, 0) is 11.2 Å². The maximum absolute atomic E-state index is 11.8. The summed E-state index contributed by atoms with van der Waals surface area (Å²) in [4.78, 5) is 19.8. The highest BCUT2D eigenvalue weighted by molar-refractivity contribution is 7.08. The van der Waals surface area contributed by atoms with Gasteiger partial charge in [-0.15, -0.1) is 0 Å². The number of ether oxygens (including phenoxy) is 1. The highest BCUT2D eigenvalue weighted by atomic mass is 32.1. The van der Waals surface area contributed by atoms with E-state index in [1.165, 1.54) is 29.2 Å². The van der Waals surface area contributed by atoms with Gasteiger partial charge in [0.2, 0.25) is 0 Å². The molecule has 0 atom stereocenters. The van der Waals surface area contributed by atoms with Gasteiger partial charge in [-0.25, -0.2) is 9.78 Å². The molecule has 4 rings (SSSR count). The standard InChI is InChI=1S/C21H18N2O2S/c1-13-6-7-16-17(11-15-4-3-5-18(22-15)21(24)25-2)20(23-19(16)10-13)14-8-9-26-12-14/h3-10,12,23H,11H2,1-2H3.